The van der Waals surface area contributed by atoms with Crippen LogP contribution in [-0.2, 0) is 18.1 Å². The fourth-order valence-electron chi connectivity index (χ4n) is 2.95. The summed E-state index contributed by atoms with van der Waals surface area (Å²) in [6, 6.07) is 0.421. The van der Waals surface area contributed by atoms with Gasteiger partial charge in [-0.3, -0.25) is 13.9 Å². The van der Waals surface area contributed by atoms with E-state index in [1.54, 1.807) is 0 Å². The zero-order valence-electron chi connectivity index (χ0n) is 10.7. The molecule has 2 atom stereocenters. The predicted molar refractivity (Wildman–Crippen MR) is 67.1 cm³/mol. The fraction of sp³-hybridized carbons (Fsp3) is 0.833. The first-order valence-corrected chi connectivity index (χ1v) is 8.12. The average molecular weight is 273 g/mol. The molecule has 0 aromatic rings. The molecule has 6 heteroatoms. The van der Waals surface area contributed by atoms with Crippen molar-refractivity contribution in [1.82, 2.24) is 4.90 Å². The van der Waals surface area contributed by atoms with Gasteiger partial charge in [-0.2, -0.15) is 0 Å². The van der Waals surface area contributed by atoms with Gasteiger partial charge < -0.3 is 4.52 Å². The van der Waals surface area contributed by atoms with Crippen LogP contribution in [-0.4, -0.2) is 37.7 Å². The van der Waals surface area contributed by atoms with Crippen molar-refractivity contribution in [2.24, 2.45) is 5.92 Å². The number of hydrogen-bond donors (Lipinski definition) is 0. The molecule has 2 heterocycles. The fourth-order valence-corrected chi connectivity index (χ4v) is 4.28. The number of allylic oxidation sites excluding steroid dienone is 1. The molecule has 1 aliphatic carbocycles. The van der Waals surface area contributed by atoms with Crippen molar-refractivity contribution in [3.8, 4) is 0 Å². The van der Waals surface area contributed by atoms with E-state index in [1.807, 2.05) is 0 Å². The largest absolute Gasteiger partial charge is 0.529 e. The minimum Gasteiger partial charge on any atom is -0.409 e. The molecule has 18 heavy (non-hydrogen) atoms. The molecule has 0 radical (unpaired) electrons. The predicted octanol–water partition coefficient (Wildman–Crippen LogP) is 2.55. The molecule has 102 valence electrons. The van der Waals surface area contributed by atoms with Gasteiger partial charge in [0.2, 0.25) is 0 Å². The van der Waals surface area contributed by atoms with Gasteiger partial charge in [0.15, 0.2) is 0 Å². The van der Waals surface area contributed by atoms with Crippen molar-refractivity contribution in [1.29, 1.82) is 0 Å². The van der Waals surface area contributed by atoms with Crippen molar-refractivity contribution >= 4 is 7.82 Å². The first-order valence-electron chi connectivity index (χ1n) is 6.66. The van der Waals surface area contributed by atoms with Crippen molar-refractivity contribution in [2.45, 2.75) is 31.7 Å². The van der Waals surface area contributed by atoms with Gasteiger partial charge in [0, 0.05) is 12.5 Å². The van der Waals surface area contributed by atoms with Crippen LogP contribution in [0.2, 0.25) is 0 Å². The highest BCUT2D eigenvalue weighted by Crippen LogP contribution is 2.54. The van der Waals surface area contributed by atoms with Gasteiger partial charge in [0.05, 0.1) is 13.2 Å². The Morgan fingerprint density at radius 2 is 2.17 bits per heavy atom. The SMILES string of the molecule is CN1CCC2CCC(OP3(=O)OCCCO3)=CC21. The average Bonchev–Trinajstić information content (AvgIpc) is 2.71. The standard InChI is InChI=1S/C12H20NO4P/c1-13-6-5-10-3-4-11(9-12(10)13)17-18(14)15-7-2-8-16-18/h9-10,12H,2-8H2,1H3. The maximum absolute atomic E-state index is 12.2. The quantitative estimate of drug-likeness (QED) is 0.724. The summed E-state index contributed by atoms with van der Waals surface area (Å²) in [5.41, 5.74) is 0. The highest BCUT2D eigenvalue weighted by molar-refractivity contribution is 7.48. The molecule has 0 aromatic carbocycles. The molecule has 3 rings (SSSR count). The number of nitrogens with zero attached hydrogens (tertiary/aromatic N) is 1. The van der Waals surface area contributed by atoms with Gasteiger partial charge in [0.25, 0.3) is 0 Å². The smallest absolute Gasteiger partial charge is 0.409 e. The van der Waals surface area contributed by atoms with Crippen molar-refractivity contribution in [2.75, 3.05) is 26.8 Å². The molecule has 2 fully saturated rings. The Labute approximate surface area is 108 Å². The van der Waals surface area contributed by atoms with E-state index in [4.69, 9.17) is 13.6 Å². The Morgan fingerprint density at radius 3 is 2.94 bits per heavy atom. The van der Waals surface area contributed by atoms with Crippen LogP contribution < -0.4 is 0 Å². The Bertz CT molecular complexity index is 388. The number of hydrogen-bond acceptors (Lipinski definition) is 5. The van der Waals surface area contributed by atoms with Gasteiger partial charge in [-0.25, -0.2) is 4.57 Å². The molecule has 0 N–H and O–H groups in total. The summed E-state index contributed by atoms with van der Waals surface area (Å²) < 4.78 is 28.0. The number of rotatable bonds is 2. The van der Waals surface area contributed by atoms with E-state index in [0.29, 0.717) is 19.3 Å². The molecule has 0 bridgehead atoms. The summed E-state index contributed by atoms with van der Waals surface area (Å²) in [5, 5.41) is 0. The van der Waals surface area contributed by atoms with E-state index in [1.165, 1.54) is 6.42 Å². The number of likely N-dealkylation sites (tertiary alicyclic amines) is 1. The van der Waals surface area contributed by atoms with Gasteiger partial charge in [-0.1, -0.05) is 0 Å². The van der Waals surface area contributed by atoms with Crippen LogP contribution in [0, 0.1) is 5.92 Å². The van der Waals surface area contributed by atoms with E-state index >= 15 is 0 Å². The summed E-state index contributed by atoms with van der Waals surface area (Å²) in [4.78, 5) is 2.33. The summed E-state index contributed by atoms with van der Waals surface area (Å²) in [6.07, 6.45) is 6.06. The lowest BCUT2D eigenvalue weighted by Gasteiger charge is -2.30. The van der Waals surface area contributed by atoms with Crippen LogP contribution in [0.5, 0.6) is 0 Å². The monoisotopic (exact) mass is 273 g/mol. The Hall–Kier alpha value is -0.350. The zero-order chi connectivity index (χ0) is 12.6. The molecule has 0 amide bonds. The molecule has 3 aliphatic rings. The minimum atomic E-state index is -3.32. The van der Waals surface area contributed by atoms with Crippen LogP contribution in [0.1, 0.15) is 25.7 Å². The van der Waals surface area contributed by atoms with E-state index in [0.717, 1.165) is 37.5 Å². The number of likely N-dealkylation sites (N-methyl/N-ethyl adjacent to an activating group) is 1. The van der Waals surface area contributed by atoms with Crippen LogP contribution in [0.4, 0.5) is 0 Å². The molecule has 0 spiro atoms. The second-order valence-electron chi connectivity index (χ2n) is 5.25. The lowest BCUT2D eigenvalue weighted by molar-refractivity contribution is 0.0870. The molecular weight excluding hydrogens is 253 g/mol. The van der Waals surface area contributed by atoms with E-state index in [-0.39, 0.29) is 0 Å². The van der Waals surface area contributed by atoms with Crippen LogP contribution in [0.3, 0.4) is 0 Å². The van der Waals surface area contributed by atoms with Gasteiger partial charge in [0.1, 0.15) is 5.76 Å². The molecule has 2 aliphatic heterocycles. The number of fused-ring (bicyclic) bond motifs is 1. The van der Waals surface area contributed by atoms with Gasteiger partial charge in [-0.15, -0.1) is 0 Å². The summed E-state index contributed by atoms with van der Waals surface area (Å²) in [6.45, 7) is 2.04. The normalized spacial score (nSPS) is 35.9. The third kappa shape index (κ3) is 2.50. The van der Waals surface area contributed by atoms with Crippen molar-refractivity contribution < 1.29 is 18.1 Å². The van der Waals surface area contributed by atoms with Crippen LogP contribution in [0.15, 0.2) is 11.8 Å². The summed E-state index contributed by atoms with van der Waals surface area (Å²) in [5.74, 6) is 1.49. The lowest BCUT2D eigenvalue weighted by atomic mass is 9.89. The third-order valence-electron chi connectivity index (χ3n) is 3.98. The van der Waals surface area contributed by atoms with Crippen molar-refractivity contribution in [3.63, 3.8) is 0 Å². The second-order valence-corrected chi connectivity index (χ2v) is 6.84. The minimum absolute atomic E-state index is 0.421. The number of phosphoric acid groups is 1. The van der Waals surface area contributed by atoms with Gasteiger partial charge in [-0.05, 0) is 44.8 Å². The summed E-state index contributed by atoms with van der Waals surface area (Å²) in [7, 11) is -1.20. The van der Waals surface area contributed by atoms with Crippen LogP contribution >= 0.6 is 7.82 Å². The molecule has 2 saturated heterocycles. The molecule has 2 unspecified atom stereocenters. The van der Waals surface area contributed by atoms with Gasteiger partial charge >= 0.3 is 7.82 Å². The Balaban J connectivity index is 1.69. The maximum Gasteiger partial charge on any atom is 0.529 e. The highest BCUT2D eigenvalue weighted by Gasteiger charge is 2.37. The van der Waals surface area contributed by atoms with E-state index < -0.39 is 7.82 Å². The first kappa shape index (κ1) is 12.7. The highest BCUT2D eigenvalue weighted by atomic mass is 31.2. The molecule has 0 aromatic heterocycles. The topological polar surface area (TPSA) is 48.0 Å². The third-order valence-corrected chi connectivity index (χ3v) is 5.43. The van der Waals surface area contributed by atoms with Crippen molar-refractivity contribution in [3.05, 3.63) is 11.8 Å². The zero-order valence-corrected chi connectivity index (χ0v) is 11.6. The summed E-state index contributed by atoms with van der Waals surface area (Å²) >= 11 is 0. The lowest BCUT2D eigenvalue weighted by Crippen LogP contribution is -2.30. The molecule has 5 nitrogen and oxygen atoms in total. The maximum atomic E-state index is 12.2. The first-order chi connectivity index (χ1) is 8.66. The molecular formula is C12H20NO4P. The molecule has 0 saturated carbocycles. The van der Waals surface area contributed by atoms with E-state index in [9.17, 15) is 4.57 Å². The Kier molecular flexibility index (Phi) is 3.50. The second kappa shape index (κ2) is 4.97. The van der Waals surface area contributed by atoms with Crippen LogP contribution in [0.25, 0.3) is 0 Å². The number of phosphoric ester groups is 1. The Morgan fingerprint density at radius 1 is 1.39 bits per heavy atom. The van der Waals surface area contributed by atoms with E-state index in [2.05, 4.69) is 18.0 Å².